The molecule has 222 valence electrons. The number of fused-ring (bicyclic) bond motifs is 1. The number of amides is 2. The molecule has 0 aliphatic carbocycles. The summed E-state index contributed by atoms with van der Waals surface area (Å²) >= 11 is 0. The Hall–Kier alpha value is -5.21. The zero-order chi connectivity index (χ0) is 30.6. The van der Waals surface area contributed by atoms with Crippen molar-refractivity contribution in [1.29, 1.82) is 0 Å². The van der Waals surface area contributed by atoms with Gasteiger partial charge in [0.15, 0.2) is 0 Å². The maximum Gasteiger partial charge on any atom is 0.253 e. The van der Waals surface area contributed by atoms with Crippen molar-refractivity contribution in [2.45, 2.75) is 13.5 Å². The van der Waals surface area contributed by atoms with Crippen molar-refractivity contribution in [2.24, 2.45) is 0 Å². The predicted octanol–water partition coefficient (Wildman–Crippen LogP) is 6.01. The topological polar surface area (TPSA) is 93.4 Å². The van der Waals surface area contributed by atoms with E-state index in [0.29, 0.717) is 23.4 Å². The first-order valence-corrected chi connectivity index (χ1v) is 14.8. The van der Waals surface area contributed by atoms with Gasteiger partial charge in [-0.05, 0) is 66.6 Å². The van der Waals surface area contributed by atoms with Gasteiger partial charge in [-0.2, -0.15) is 0 Å². The Bertz CT molecular complexity index is 1820. The summed E-state index contributed by atoms with van der Waals surface area (Å²) in [5, 5.41) is 6.75. The number of H-pyrrole nitrogens is 1. The second kappa shape index (κ2) is 12.6. The third-order valence-corrected chi connectivity index (χ3v) is 8.20. The average molecular weight is 585 g/mol. The van der Waals surface area contributed by atoms with Crippen LogP contribution in [0.2, 0.25) is 0 Å². The minimum atomic E-state index is -0.275. The lowest BCUT2D eigenvalue weighted by Crippen LogP contribution is -2.44. The number of aromatic amines is 1. The van der Waals surface area contributed by atoms with Crippen LogP contribution in [0.25, 0.3) is 33.4 Å². The van der Waals surface area contributed by atoms with Crippen LogP contribution in [0, 0.1) is 6.92 Å². The lowest BCUT2D eigenvalue weighted by atomic mass is 9.96. The Balaban J connectivity index is 1.41. The summed E-state index contributed by atoms with van der Waals surface area (Å²) < 4.78 is 0. The number of likely N-dealkylation sites (N-methyl/N-ethyl adjacent to an activating group) is 1. The molecule has 1 saturated heterocycles. The summed E-state index contributed by atoms with van der Waals surface area (Å²) in [6.45, 7) is 10.0. The number of aryl methyl sites for hydroxylation is 1. The van der Waals surface area contributed by atoms with Crippen LogP contribution in [0.1, 0.15) is 21.5 Å². The quantitative estimate of drug-likeness (QED) is 0.194. The van der Waals surface area contributed by atoms with Gasteiger partial charge in [0, 0.05) is 61.2 Å². The first kappa shape index (κ1) is 28.9. The molecule has 0 bridgehead atoms. The Morgan fingerprint density at radius 1 is 0.955 bits per heavy atom. The van der Waals surface area contributed by atoms with Crippen molar-refractivity contribution in [3.63, 3.8) is 0 Å². The number of piperazine rings is 1. The minimum absolute atomic E-state index is 0.198. The van der Waals surface area contributed by atoms with Crippen LogP contribution < -0.4 is 15.5 Å². The monoisotopic (exact) mass is 584 g/mol. The third kappa shape index (κ3) is 6.11. The molecule has 44 heavy (non-hydrogen) atoms. The lowest BCUT2D eigenvalue weighted by molar-refractivity contribution is -0.111. The number of pyridine rings is 1. The van der Waals surface area contributed by atoms with Gasteiger partial charge in [0.25, 0.3) is 5.91 Å². The molecule has 3 N–H and O–H groups in total. The highest BCUT2D eigenvalue weighted by Gasteiger charge is 2.20. The SMILES string of the molecule is C=CC(=O)Nc1cc(-c2c(-c3ccc(N4CCN(C)CC4)cc3)[nH]c3ncc(C(=O)NCc4ccccc4)cc23)ccc1C. The van der Waals surface area contributed by atoms with E-state index < -0.39 is 0 Å². The molecule has 0 spiro atoms. The number of carbonyl (C=O) groups excluding carboxylic acids is 2. The molecule has 0 saturated carbocycles. The highest BCUT2D eigenvalue weighted by molar-refractivity contribution is 6.07. The Kier molecular flexibility index (Phi) is 8.25. The van der Waals surface area contributed by atoms with Gasteiger partial charge in [0.2, 0.25) is 5.91 Å². The summed E-state index contributed by atoms with van der Waals surface area (Å²) in [6, 6.07) is 26.3. The predicted molar refractivity (Wildman–Crippen MR) is 178 cm³/mol. The molecule has 0 unspecified atom stereocenters. The van der Waals surface area contributed by atoms with E-state index in [4.69, 9.17) is 0 Å². The van der Waals surface area contributed by atoms with Crippen LogP contribution >= 0.6 is 0 Å². The van der Waals surface area contributed by atoms with Crippen molar-refractivity contribution < 1.29 is 9.59 Å². The number of benzene rings is 3. The van der Waals surface area contributed by atoms with Gasteiger partial charge in [-0.1, -0.05) is 61.2 Å². The second-order valence-corrected chi connectivity index (χ2v) is 11.2. The van der Waals surface area contributed by atoms with E-state index in [9.17, 15) is 9.59 Å². The summed E-state index contributed by atoms with van der Waals surface area (Å²) in [7, 11) is 2.16. The molecule has 3 aromatic carbocycles. The van der Waals surface area contributed by atoms with Crippen molar-refractivity contribution >= 4 is 34.2 Å². The van der Waals surface area contributed by atoms with Crippen LogP contribution in [0.4, 0.5) is 11.4 Å². The molecule has 5 aromatic rings. The normalized spacial score (nSPS) is 13.5. The number of hydrogen-bond donors (Lipinski definition) is 3. The van der Waals surface area contributed by atoms with Gasteiger partial charge in [-0.3, -0.25) is 9.59 Å². The molecule has 1 aliphatic rings. The van der Waals surface area contributed by atoms with E-state index in [1.165, 1.54) is 11.8 Å². The Morgan fingerprint density at radius 2 is 1.68 bits per heavy atom. The fraction of sp³-hybridized carbons (Fsp3) is 0.194. The molecule has 8 heteroatoms. The summed E-state index contributed by atoms with van der Waals surface area (Å²) in [5.41, 5.74) is 8.69. The number of aromatic nitrogens is 2. The molecule has 2 aromatic heterocycles. The van der Waals surface area contributed by atoms with Crippen LogP contribution in [0.5, 0.6) is 0 Å². The van der Waals surface area contributed by atoms with Crippen molar-refractivity contribution in [2.75, 3.05) is 43.4 Å². The van der Waals surface area contributed by atoms with Crippen molar-refractivity contribution in [1.82, 2.24) is 20.2 Å². The van der Waals surface area contributed by atoms with Crippen LogP contribution in [-0.4, -0.2) is 59.9 Å². The first-order chi connectivity index (χ1) is 21.4. The van der Waals surface area contributed by atoms with Gasteiger partial charge < -0.3 is 25.4 Å². The number of rotatable bonds is 8. The summed E-state index contributed by atoms with van der Waals surface area (Å²) in [5.74, 6) is -0.473. The van der Waals surface area contributed by atoms with Crippen LogP contribution in [0.15, 0.2) is 97.7 Å². The van der Waals surface area contributed by atoms with E-state index in [1.807, 2.05) is 61.5 Å². The number of nitrogens with one attached hydrogen (secondary N) is 3. The number of nitrogens with zero attached hydrogens (tertiary/aromatic N) is 3. The zero-order valence-electron chi connectivity index (χ0n) is 25.1. The van der Waals surface area contributed by atoms with E-state index in [-0.39, 0.29) is 11.8 Å². The molecule has 6 rings (SSSR count). The molecule has 3 heterocycles. The Morgan fingerprint density at radius 3 is 2.41 bits per heavy atom. The molecule has 2 amide bonds. The van der Waals surface area contributed by atoms with Crippen LogP contribution in [-0.2, 0) is 11.3 Å². The molecule has 0 radical (unpaired) electrons. The fourth-order valence-electron chi connectivity index (χ4n) is 5.59. The zero-order valence-corrected chi connectivity index (χ0v) is 25.1. The third-order valence-electron chi connectivity index (χ3n) is 8.20. The van der Waals surface area contributed by atoms with Crippen molar-refractivity contribution in [3.8, 4) is 22.4 Å². The maximum absolute atomic E-state index is 13.2. The number of anilines is 2. The number of carbonyl (C=O) groups is 2. The molecular formula is C36H36N6O2. The molecular weight excluding hydrogens is 548 g/mol. The highest BCUT2D eigenvalue weighted by atomic mass is 16.2. The standard InChI is InChI=1S/C36H36N6O2/c1-4-32(43)39-31-21-27(11-10-24(31)2)33-30-20-28(36(44)38-22-25-8-6-5-7-9-25)23-37-35(30)40-34(33)26-12-14-29(15-13-26)42-18-16-41(3)17-19-42/h4-15,20-21,23H,1,16-19,22H2,2-3H3,(H,37,40)(H,38,44)(H,39,43). The highest BCUT2D eigenvalue weighted by Crippen LogP contribution is 2.40. The first-order valence-electron chi connectivity index (χ1n) is 14.8. The smallest absolute Gasteiger partial charge is 0.253 e. The van der Waals surface area contributed by atoms with E-state index in [0.717, 1.165) is 65.1 Å². The van der Waals surface area contributed by atoms with E-state index in [1.54, 1.807) is 6.20 Å². The largest absolute Gasteiger partial charge is 0.369 e. The lowest BCUT2D eigenvalue weighted by Gasteiger charge is -2.34. The molecule has 1 fully saturated rings. The minimum Gasteiger partial charge on any atom is -0.369 e. The van der Waals surface area contributed by atoms with Gasteiger partial charge in [-0.15, -0.1) is 0 Å². The molecule has 8 nitrogen and oxygen atoms in total. The van der Waals surface area contributed by atoms with Gasteiger partial charge in [0.05, 0.1) is 11.3 Å². The molecule has 1 aliphatic heterocycles. The van der Waals surface area contributed by atoms with Gasteiger partial charge in [-0.25, -0.2) is 4.98 Å². The van der Waals surface area contributed by atoms with Crippen LogP contribution in [0.3, 0.4) is 0 Å². The van der Waals surface area contributed by atoms with E-state index >= 15 is 0 Å². The van der Waals surface area contributed by atoms with Gasteiger partial charge >= 0.3 is 0 Å². The second-order valence-electron chi connectivity index (χ2n) is 11.2. The maximum atomic E-state index is 13.2. The molecule has 0 atom stereocenters. The Labute approximate surface area is 257 Å². The summed E-state index contributed by atoms with van der Waals surface area (Å²) in [6.07, 6.45) is 2.86. The van der Waals surface area contributed by atoms with E-state index in [2.05, 4.69) is 68.3 Å². The number of hydrogen-bond acceptors (Lipinski definition) is 5. The van der Waals surface area contributed by atoms with Gasteiger partial charge in [0.1, 0.15) is 5.65 Å². The summed E-state index contributed by atoms with van der Waals surface area (Å²) in [4.78, 5) is 38.4. The van der Waals surface area contributed by atoms with Crippen molar-refractivity contribution in [3.05, 3.63) is 114 Å². The fourth-order valence-corrected chi connectivity index (χ4v) is 5.59. The average Bonchev–Trinajstić information content (AvgIpc) is 3.44.